The highest BCUT2D eigenvalue weighted by Gasteiger charge is 2.43. The molecule has 5 heteroatoms. The standard InChI is InChI=1S/C11H18O2.CH2O3/c1-4-7-13-10(12)6-5-9-8-11(9,2)3;2-1(3)4/h5-6,9H,4,7-8H2,1-3H3;(H2,2,3,4). The third kappa shape index (κ3) is 8.30. The molecule has 1 unspecified atom stereocenters. The van der Waals surface area contributed by atoms with Gasteiger partial charge in [-0.25, -0.2) is 9.59 Å². The van der Waals surface area contributed by atoms with E-state index in [-0.39, 0.29) is 5.97 Å². The summed E-state index contributed by atoms with van der Waals surface area (Å²) in [6.07, 6.45) is 3.77. The predicted octanol–water partition coefficient (Wildman–Crippen LogP) is 2.76. The van der Waals surface area contributed by atoms with E-state index in [0.29, 0.717) is 17.9 Å². The number of carboxylic acid groups (broad SMARTS) is 2. The van der Waals surface area contributed by atoms with E-state index in [1.165, 1.54) is 6.42 Å². The number of carbonyl (C=O) groups is 2. The lowest BCUT2D eigenvalue weighted by atomic mass is 10.1. The first kappa shape index (κ1) is 15.5. The van der Waals surface area contributed by atoms with Gasteiger partial charge < -0.3 is 14.9 Å². The van der Waals surface area contributed by atoms with Crippen LogP contribution in [0.15, 0.2) is 12.2 Å². The molecule has 0 radical (unpaired) electrons. The molecular formula is C12H20O5. The van der Waals surface area contributed by atoms with Crippen molar-refractivity contribution in [1.82, 2.24) is 0 Å². The van der Waals surface area contributed by atoms with Crippen molar-refractivity contribution in [2.45, 2.75) is 33.6 Å². The Morgan fingerprint density at radius 3 is 2.24 bits per heavy atom. The van der Waals surface area contributed by atoms with Crippen LogP contribution in [0.3, 0.4) is 0 Å². The van der Waals surface area contributed by atoms with Gasteiger partial charge in [-0.2, -0.15) is 0 Å². The summed E-state index contributed by atoms with van der Waals surface area (Å²) in [5.74, 6) is 0.367. The van der Waals surface area contributed by atoms with E-state index in [1.54, 1.807) is 6.08 Å². The molecule has 5 nitrogen and oxygen atoms in total. The van der Waals surface area contributed by atoms with Crippen LogP contribution in [0.1, 0.15) is 33.6 Å². The van der Waals surface area contributed by atoms with Crippen LogP contribution in [-0.2, 0) is 9.53 Å². The molecule has 0 bridgehead atoms. The molecule has 1 aliphatic carbocycles. The third-order valence-electron chi connectivity index (χ3n) is 2.50. The van der Waals surface area contributed by atoms with E-state index in [9.17, 15) is 4.79 Å². The van der Waals surface area contributed by atoms with Gasteiger partial charge >= 0.3 is 12.1 Å². The zero-order chi connectivity index (χ0) is 13.5. The Bertz CT molecular complexity index is 289. The molecule has 0 aromatic heterocycles. The fourth-order valence-electron chi connectivity index (χ4n) is 1.28. The molecule has 98 valence electrons. The fraction of sp³-hybridized carbons (Fsp3) is 0.667. The summed E-state index contributed by atoms with van der Waals surface area (Å²) >= 11 is 0. The number of rotatable bonds is 4. The molecule has 2 N–H and O–H groups in total. The van der Waals surface area contributed by atoms with Gasteiger partial charge in [-0.05, 0) is 24.2 Å². The van der Waals surface area contributed by atoms with Gasteiger partial charge in [0.1, 0.15) is 0 Å². The van der Waals surface area contributed by atoms with Gasteiger partial charge in [-0.1, -0.05) is 26.8 Å². The molecule has 1 fully saturated rings. The molecule has 0 aromatic rings. The minimum atomic E-state index is -1.83. The zero-order valence-corrected chi connectivity index (χ0v) is 10.5. The first-order valence-electron chi connectivity index (χ1n) is 5.56. The Kier molecular flexibility index (Phi) is 6.31. The quantitative estimate of drug-likeness (QED) is 0.586. The van der Waals surface area contributed by atoms with Crippen LogP contribution in [0.2, 0.25) is 0 Å². The average molecular weight is 244 g/mol. The molecule has 0 heterocycles. The minimum Gasteiger partial charge on any atom is -0.463 e. The Morgan fingerprint density at radius 1 is 1.41 bits per heavy atom. The molecule has 1 saturated carbocycles. The van der Waals surface area contributed by atoms with E-state index < -0.39 is 6.16 Å². The van der Waals surface area contributed by atoms with E-state index in [4.69, 9.17) is 19.7 Å². The van der Waals surface area contributed by atoms with Crippen LogP contribution < -0.4 is 0 Å². The van der Waals surface area contributed by atoms with E-state index in [1.807, 2.05) is 13.0 Å². The highest BCUT2D eigenvalue weighted by atomic mass is 16.6. The van der Waals surface area contributed by atoms with E-state index in [0.717, 1.165) is 6.42 Å². The van der Waals surface area contributed by atoms with Crippen LogP contribution >= 0.6 is 0 Å². The SMILES string of the molecule is CCCOC(=O)C=CC1CC1(C)C.O=C(O)O. The average Bonchev–Trinajstić information content (AvgIpc) is 2.79. The Morgan fingerprint density at radius 2 is 1.88 bits per heavy atom. The first-order chi connectivity index (χ1) is 7.79. The monoisotopic (exact) mass is 244 g/mol. The van der Waals surface area contributed by atoms with Gasteiger partial charge in [0.05, 0.1) is 6.61 Å². The van der Waals surface area contributed by atoms with Crippen LogP contribution in [0.5, 0.6) is 0 Å². The fourth-order valence-corrected chi connectivity index (χ4v) is 1.28. The molecule has 1 aliphatic rings. The lowest BCUT2D eigenvalue weighted by molar-refractivity contribution is -0.137. The summed E-state index contributed by atoms with van der Waals surface area (Å²) < 4.78 is 4.91. The lowest BCUT2D eigenvalue weighted by Crippen LogP contribution is -2.01. The smallest absolute Gasteiger partial charge is 0.463 e. The van der Waals surface area contributed by atoms with Crippen molar-refractivity contribution in [3.05, 3.63) is 12.2 Å². The van der Waals surface area contributed by atoms with Crippen molar-refractivity contribution < 1.29 is 24.5 Å². The van der Waals surface area contributed by atoms with Crippen LogP contribution in [0, 0.1) is 11.3 Å². The topological polar surface area (TPSA) is 83.8 Å². The van der Waals surface area contributed by atoms with Crippen LogP contribution in [0.4, 0.5) is 4.79 Å². The summed E-state index contributed by atoms with van der Waals surface area (Å²) in [6.45, 7) is 6.93. The van der Waals surface area contributed by atoms with Crippen LogP contribution in [0.25, 0.3) is 0 Å². The normalized spacial score (nSPS) is 20.3. The molecule has 0 spiro atoms. The second-order valence-electron chi connectivity index (χ2n) is 4.61. The second kappa shape index (κ2) is 6.93. The maximum absolute atomic E-state index is 11.0. The summed E-state index contributed by atoms with van der Waals surface area (Å²) in [5, 5.41) is 13.9. The van der Waals surface area contributed by atoms with Crippen molar-refractivity contribution in [3.8, 4) is 0 Å². The Hall–Kier alpha value is -1.52. The molecule has 17 heavy (non-hydrogen) atoms. The van der Waals surface area contributed by atoms with Gasteiger partial charge in [0, 0.05) is 6.08 Å². The molecule has 0 saturated heterocycles. The zero-order valence-electron chi connectivity index (χ0n) is 10.5. The summed E-state index contributed by atoms with van der Waals surface area (Å²) in [4.78, 5) is 19.6. The predicted molar refractivity (Wildman–Crippen MR) is 62.9 cm³/mol. The van der Waals surface area contributed by atoms with Crippen molar-refractivity contribution >= 4 is 12.1 Å². The summed E-state index contributed by atoms with van der Waals surface area (Å²) in [5.41, 5.74) is 0.404. The summed E-state index contributed by atoms with van der Waals surface area (Å²) in [7, 11) is 0. The highest BCUT2D eigenvalue weighted by molar-refractivity contribution is 5.82. The van der Waals surface area contributed by atoms with Crippen LogP contribution in [-0.4, -0.2) is 28.9 Å². The van der Waals surface area contributed by atoms with Crippen molar-refractivity contribution in [2.75, 3.05) is 6.61 Å². The lowest BCUT2D eigenvalue weighted by Gasteiger charge is -1.98. The molecule has 0 amide bonds. The second-order valence-corrected chi connectivity index (χ2v) is 4.61. The van der Waals surface area contributed by atoms with Gasteiger partial charge in [-0.3, -0.25) is 0 Å². The molecule has 0 aromatic carbocycles. The van der Waals surface area contributed by atoms with Crippen molar-refractivity contribution in [2.24, 2.45) is 11.3 Å². The van der Waals surface area contributed by atoms with Crippen molar-refractivity contribution in [1.29, 1.82) is 0 Å². The van der Waals surface area contributed by atoms with Gasteiger partial charge in [-0.15, -0.1) is 0 Å². The van der Waals surface area contributed by atoms with Gasteiger partial charge in [0.25, 0.3) is 0 Å². The number of hydrogen-bond acceptors (Lipinski definition) is 3. The molecule has 0 aliphatic heterocycles. The number of esters is 1. The highest BCUT2D eigenvalue weighted by Crippen LogP contribution is 2.52. The number of carbonyl (C=O) groups excluding carboxylic acids is 1. The van der Waals surface area contributed by atoms with Crippen molar-refractivity contribution in [3.63, 3.8) is 0 Å². The number of ether oxygens (including phenoxy) is 1. The Labute approximate surface area is 101 Å². The van der Waals surface area contributed by atoms with E-state index >= 15 is 0 Å². The van der Waals surface area contributed by atoms with Gasteiger partial charge in [0.2, 0.25) is 0 Å². The minimum absolute atomic E-state index is 0.204. The number of allylic oxidation sites excluding steroid dienone is 1. The third-order valence-corrected chi connectivity index (χ3v) is 2.50. The molecule has 1 atom stereocenters. The maximum Gasteiger partial charge on any atom is 0.503 e. The first-order valence-corrected chi connectivity index (χ1v) is 5.56. The largest absolute Gasteiger partial charge is 0.503 e. The number of hydrogen-bond donors (Lipinski definition) is 2. The molecule has 1 rings (SSSR count). The molecular weight excluding hydrogens is 224 g/mol. The summed E-state index contributed by atoms with van der Waals surface area (Å²) in [6, 6.07) is 0. The maximum atomic E-state index is 11.0. The Balaban J connectivity index is 0.000000557. The van der Waals surface area contributed by atoms with E-state index in [2.05, 4.69) is 13.8 Å². The van der Waals surface area contributed by atoms with Gasteiger partial charge in [0.15, 0.2) is 0 Å².